The molecule has 2 N–H and O–H groups in total. The van der Waals surface area contributed by atoms with E-state index < -0.39 is 0 Å². The smallest absolute Gasteiger partial charge is 0.225 e. The van der Waals surface area contributed by atoms with Gasteiger partial charge in [0.2, 0.25) is 5.91 Å². The van der Waals surface area contributed by atoms with E-state index in [0.29, 0.717) is 18.4 Å². The van der Waals surface area contributed by atoms with Crippen molar-refractivity contribution in [3.8, 4) is 0 Å². The van der Waals surface area contributed by atoms with Gasteiger partial charge in [0.05, 0.1) is 0 Å². The number of nitrogens with zero attached hydrogens (tertiary/aromatic N) is 1. The Labute approximate surface area is 115 Å². The van der Waals surface area contributed by atoms with Gasteiger partial charge in [-0.15, -0.1) is 0 Å². The van der Waals surface area contributed by atoms with Crippen LogP contribution in [-0.4, -0.2) is 30.4 Å². The topological polar surface area (TPSA) is 46.3 Å². The van der Waals surface area contributed by atoms with Crippen molar-refractivity contribution in [2.24, 2.45) is 11.7 Å². The summed E-state index contributed by atoms with van der Waals surface area (Å²) in [5.41, 5.74) is 6.86. The predicted octanol–water partition coefficient (Wildman–Crippen LogP) is 2.38. The number of carbonyl (C=O) groups is 1. The summed E-state index contributed by atoms with van der Waals surface area (Å²) < 4.78 is 0. The number of amides is 1. The van der Waals surface area contributed by atoms with Crippen LogP contribution >= 0.6 is 0 Å². The third-order valence-corrected chi connectivity index (χ3v) is 4.03. The molecule has 0 aromatic heterocycles. The Morgan fingerprint density at radius 3 is 2.84 bits per heavy atom. The van der Waals surface area contributed by atoms with Crippen LogP contribution in [0.15, 0.2) is 30.3 Å². The molecular weight excluding hydrogens is 236 g/mol. The summed E-state index contributed by atoms with van der Waals surface area (Å²) >= 11 is 0. The van der Waals surface area contributed by atoms with Crippen LogP contribution in [0, 0.1) is 5.92 Å². The zero-order chi connectivity index (χ0) is 13.7. The number of nitrogens with two attached hydrogens (primary N) is 1. The van der Waals surface area contributed by atoms with Gasteiger partial charge in [0.25, 0.3) is 0 Å². The molecule has 1 aromatic rings. The monoisotopic (exact) mass is 260 g/mol. The quantitative estimate of drug-likeness (QED) is 0.883. The summed E-state index contributed by atoms with van der Waals surface area (Å²) in [6.07, 6.45) is 2.92. The molecule has 1 aliphatic rings. The minimum atomic E-state index is 0.109. The van der Waals surface area contributed by atoms with Gasteiger partial charge < -0.3 is 10.6 Å². The van der Waals surface area contributed by atoms with Crippen LogP contribution in [0.25, 0.3) is 0 Å². The van der Waals surface area contributed by atoms with Crippen molar-refractivity contribution in [3.63, 3.8) is 0 Å². The Morgan fingerprint density at radius 1 is 1.42 bits per heavy atom. The van der Waals surface area contributed by atoms with Gasteiger partial charge >= 0.3 is 0 Å². The summed E-state index contributed by atoms with van der Waals surface area (Å²) in [7, 11) is 0. The van der Waals surface area contributed by atoms with Crippen LogP contribution in [0.4, 0.5) is 0 Å². The second kappa shape index (κ2) is 6.71. The van der Waals surface area contributed by atoms with Crippen LogP contribution in [0.1, 0.15) is 37.7 Å². The highest BCUT2D eigenvalue weighted by Gasteiger charge is 2.29. The zero-order valence-corrected chi connectivity index (χ0v) is 11.7. The molecule has 2 unspecified atom stereocenters. The molecule has 1 amide bonds. The second-order valence-electron chi connectivity index (χ2n) is 5.51. The summed E-state index contributed by atoms with van der Waals surface area (Å²) in [5, 5.41) is 0. The molecule has 0 aliphatic carbocycles. The average molecular weight is 260 g/mol. The second-order valence-corrected chi connectivity index (χ2v) is 5.51. The molecule has 0 radical (unpaired) electrons. The molecule has 1 saturated heterocycles. The number of rotatable bonds is 5. The van der Waals surface area contributed by atoms with Gasteiger partial charge in [-0.25, -0.2) is 0 Å². The molecule has 0 spiro atoms. The van der Waals surface area contributed by atoms with Gasteiger partial charge in [-0.3, -0.25) is 4.79 Å². The number of hydrogen-bond acceptors (Lipinski definition) is 2. The van der Waals surface area contributed by atoms with E-state index in [4.69, 9.17) is 5.73 Å². The Bertz CT molecular complexity index is 404. The Morgan fingerprint density at radius 2 is 2.16 bits per heavy atom. The summed E-state index contributed by atoms with van der Waals surface area (Å²) in [6, 6.07) is 10.5. The fourth-order valence-corrected chi connectivity index (χ4v) is 2.82. The number of carbonyl (C=O) groups excluding carboxylic acids is 1. The molecule has 104 valence electrons. The maximum absolute atomic E-state index is 12.3. The number of benzene rings is 1. The minimum absolute atomic E-state index is 0.109. The molecule has 1 aromatic carbocycles. The highest BCUT2D eigenvalue weighted by Crippen LogP contribution is 2.28. The van der Waals surface area contributed by atoms with Crippen molar-refractivity contribution in [1.29, 1.82) is 0 Å². The average Bonchev–Trinajstić information content (AvgIpc) is 2.94. The van der Waals surface area contributed by atoms with Crippen molar-refractivity contribution < 1.29 is 4.79 Å². The Hall–Kier alpha value is -1.35. The maximum atomic E-state index is 12.3. The predicted molar refractivity (Wildman–Crippen MR) is 77.8 cm³/mol. The van der Waals surface area contributed by atoms with Gasteiger partial charge in [0.15, 0.2) is 0 Å². The van der Waals surface area contributed by atoms with Crippen molar-refractivity contribution in [2.75, 3.05) is 19.6 Å². The van der Waals surface area contributed by atoms with Gasteiger partial charge in [-0.05, 0) is 31.4 Å². The summed E-state index contributed by atoms with van der Waals surface area (Å²) in [6.45, 7) is 4.46. The van der Waals surface area contributed by atoms with Gasteiger partial charge in [-0.2, -0.15) is 0 Å². The van der Waals surface area contributed by atoms with Gasteiger partial charge in [0, 0.05) is 24.9 Å². The first kappa shape index (κ1) is 14.1. The lowest BCUT2D eigenvalue weighted by Crippen LogP contribution is -2.33. The molecule has 0 saturated carbocycles. The fraction of sp³-hybridized carbons (Fsp3) is 0.562. The standard InChI is InChI=1S/C16H24N2O/c1-13(6-5-10-17)16(19)18-11-9-15(12-18)14-7-3-2-4-8-14/h2-4,7-8,13,15H,5-6,9-12,17H2,1H3. The van der Waals surface area contributed by atoms with Crippen molar-refractivity contribution in [3.05, 3.63) is 35.9 Å². The molecule has 1 heterocycles. The van der Waals surface area contributed by atoms with Gasteiger partial charge in [0.1, 0.15) is 0 Å². The van der Waals surface area contributed by atoms with E-state index >= 15 is 0 Å². The van der Waals surface area contributed by atoms with E-state index in [1.165, 1.54) is 5.56 Å². The molecule has 1 fully saturated rings. The Balaban J connectivity index is 1.89. The molecule has 3 nitrogen and oxygen atoms in total. The maximum Gasteiger partial charge on any atom is 0.225 e. The van der Waals surface area contributed by atoms with Crippen LogP contribution in [0.5, 0.6) is 0 Å². The lowest BCUT2D eigenvalue weighted by atomic mass is 9.99. The minimum Gasteiger partial charge on any atom is -0.342 e. The van der Waals surface area contributed by atoms with E-state index in [9.17, 15) is 4.79 Å². The molecule has 3 heteroatoms. The largest absolute Gasteiger partial charge is 0.342 e. The van der Waals surface area contributed by atoms with Crippen LogP contribution < -0.4 is 5.73 Å². The molecule has 2 rings (SSSR count). The van der Waals surface area contributed by atoms with Crippen LogP contribution in [-0.2, 0) is 4.79 Å². The third-order valence-electron chi connectivity index (χ3n) is 4.03. The first-order valence-corrected chi connectivity index (χ1v) is 7.26. The molecular formula is C16H24N2O. The van der Waals surface area contributed by atoms with Gasteiger partial charge in [-0.1, -0.05) is 37.3 Å². The van der Waals surface area contributed by atoms with E-state index in [2.05, 4.69) is 24.3 Å². The Kier molecular flexibility index (Phi) is 4.97. The molecule has 0 bridgehead atoms. The highest BCUT2D eigenvalue weighted by molar-refractivity contribution is 5.78. The zero-order valence-electron chi connectivity index (χ0n) is 11.7. The van der Waals surface area contributed by atoms with Crippen LogP contribution in [0.3, 0.4) is 0 Å². The van der Waals surface area contributed by atoms with Crippen LogP contribution in [0.2, 0.25) is 0 Å². The first-order chi connectivity index (χ1) is 9.22. The summed E-state index contributed by atoms with van der Waals surface area (Å²) in [5.74, 6) is 0.914. The highest BCUT2D eigenvalue weighted by atomic mass is 16.2. The van der Waals surface area contributed by atoms with Crippen molar-refractivity contribution in [1.82, 2.24) is 4.90 Å². The third kappa shape index (κ3) is 3.57. The fourth-order valence-electron chi connectivity index (χ4n) is 2.82. The lowest BCUT2D eigenvalue weighted by Gasteiger charge is -2.21. The van der Waals surface area contributed by atoms with Crippen molar-refractivity contribution in [2.45, 2.75) is 32.1 Å². The molecule has 19 heavy (non-hydrogen) atoms. The molecule has 1 aliphatic heterocycles. The SMILES string of the molecule is CC(CCCN)C(=O)N1CCC(c2ccccc2)C1. The van der Waals surface area contributed by atoms with E-state index in [1.54, 1.807) is 0 Å². The molecule has 2 atom stereocenters. The van der Waals surface area contributed by atoms with E-state index in [0.717, 1.165) is 32.4 Å². The number of hydrogen-bond donors (Lipinski definition) is 1. The van der Waals surface area contributed by atoms with E-state index in [1.807, 2.05) is 17.9 Å². The summed E-state index contributed by atoms with van der Waals surface area (Å²) in [4.78, 5) is 14.3. The lowest BCUT2D eigenvalue weighted by molar-refractivity contribution is -0.134. The number of likely N-dealkylation sites (tertiary alicyclic amines) is 1. The first-order valence-electron chi connectivity index (χ1n) is 7.26. The normalized spacial score (nSPS) is 20.5. The van der Waals surface area contributed by atoms with Crippen molar-refractivity contribution >= 4 is 5.91 Å². The van der Waals surface area contributed by atoms with E-state index in [-0.39, 0.29) is 5.92 Å².